The van der Waals surface area contributed by atoms with E-state index in [1.165, 1.54) is 13.3 Å². The summed E-state index contributed by atoms with van der Waals surface area (Å²) in [5.41, 5.74) is 1.19. The molecule has 0 saturated heterocycles. The highest BCUT2D eigenvalue weighted by Crippen LogP contribution is 2.37. The van der Waals surface area contributed by atoms with Crippen LogP contribution in [0.5, 0.6) is 11.5 Å². The summed E-state index contributed by atoms with van der Waals surface area (Å²) in [7, 11) is 1.44. The van der Waals surface area contributed by atoms with Crippen LogP contribution in [0.3, 0.4) is 0 Å². The van der Waals surface area contributed by atoms with Crippen molar-refractivity contribution in [3.8, 4) is 23.1 Å². The summed E-state index contributed by atoms with van der Waals surface area (Å²) in [6, 6.07) is 17.1. The molecule has 204 valence electrons. The first-order valence-corrected chi connectivity index (χ1v) is 13.0. The van der Waals surface area contributed by atoms with E-state index in [0.717, 1.165) is 10.1 Å². The molecule has 5 rings (SSSR count). The molecule has 0 radical (unpaired) electrons. The Morgan fingerprint density at radius 3 is 2.73 bits per heavy atom. The highest BCUT2D eigenvalue weighted by molar-refractivity contribution is 6.32. The van der Waals surface area contributed by atoms with Crippen molar-refractivity contribution in [1.29, 1.82) is 0 Å². The van der Waals surface area contributed by atoms with Crippen LogP contribution in [0.25, 0.3) is 33.5 Å². The fourth-order valence-electron chi connectivity index (χ4n) is 4.05. The number of halogens is 2. The number of carbonyl (C=O) groups excluding carboxylic acids is 1. The van der Waals surface area contributed by atoms with Crippen molar-refractivity contribution < 1.29 is 23.4 Å². The predicted molar refractivity (Wildman–Crippen MR) is 154 cm³/mol. The van der Waals surface area contributed by atoms with Gasteiger partial charge in [0.2, 0.25) is 5.82 Å². The summed E-state index contributed by atoms with van der Waals surface area (Å²) in [6.45, 7) is 3.48. The highest BCUT2D eigenvalue weighted by atomic mass is 35.5. The molecule has 2 aromatic heterocycles. The second-order valence-electron chi connectivity index (χ2n) is 8.65. The van der Waals surface area contributed by atoms with Gasteiger partial charge in [0, 0.05) is 10.4 Å². The van der Waals surface area contributed by atoms with E-state index >= 15 is 0 Å². The molecule has 0 amide bonds. The number of para-hydroxylation sites is 1. The van der Waals surface area contributed by atoms with E-state index in [1.54, 1.807) is 74.5 Å². The Labute approximate surface area is 238 Å². The molecule has 0 spiro atoms. The van der Waals surface area contributed by atoms with Crippen molar-refractivity contribution in [3.05, 3.63) is 86.6 Å². The quantitative estimate of drug-likeness (QED) is 0.156. The van der Waals surface area contributed by atoms with Crippen LogP contribution in [0.15, 0.2) is 75.0 Å². The Bertz CT molecular complexity index is 1830. The normalized spacial score (nSPS) is 12.2. The fourth-order valence-corrected chi connectivity index (χ4v) is 4.50. The lowest BCUT2D eigenvalue weighted by Gasteiger charge is -2.17. The van der Waals surface area contributed by atoms with E-state index in [0.29, 0.717) is 32.8 Å². The Morgan fingerprint density at radius 2 is 1.95 bits per heavy atom. The molecular weight excluding hydrogens is 557 g/mol. The van der Waals surface area contributed by atoms with E-state index in [-0.39, 0.29) is 29.0 Å². The predicted octanol–water partition coefficient (Wildman–Crippen LogP) is 6.34. The molecule has 0 aliphatic carbocycles. The smallest absolute Gasteiger partial charge is 0.347 e. The van der Waals surface area contributed by atoms with Crippen LogP contribution in [0.2, 0.25) is 10.0 Å². The molecule has 9 nitrogen and oxygen atoms in total. The third-order valence-corrected chi connectivity index (χ3v) is 6.46. The van der Waals surface area contributed by atoms with Crippen LogP contribution >= 0.6 is 23.2 Å². The average Bonchev–Trinajstić information content (AvgIpc) is 3.36. The van der Waals surface area contributed by atoms with Crippen LogP contribution in [0.1, 0.15) is 19.4 Å². The van der Waals surface area contributed by atoms with Gasteiger partial charge in [0.15, 0.2) is 23.4 Å². The molecule has 3 aromatic carbocycles. The van der Waals surface area contributed by atoms with Crippen molar-refractivity contribution in [2.75, 3.05) is 13.7 Å². The molecule has 0 N–H and O–H groups in total. The molecule has 0 aliphatic heterocycles. The third kappa shape index (κ3) is 5.38. The molecule has 5 aromatic rings. The lowest BCUT2D eigenvalue weighted by molar-refractivity contribution is -0.150. The van der Waals surface area contributed by atoms with Gasteiger partial charge in [-0.2, -0.15) is 9.78 Å². The number of aromatic nitrogens is 2. The fraction of sp³-hybridized carbons (Fsp3) is 0.172. The monoisotopic (exact) mass is 579 g/mol. The summed E-state index contributed by atoms with van der Waals surface area (Å²) in [5, 5.41) is 6.32. The number of ether oxygens (including phenoxy) is 3. The van der Waals surface area contributed by atoms with E-state index in [4.69, 9.17) is 41.8 Å². The zero-order valence-corrected chi connectivity index (χ0v) is 23.2. The number of carbonyl (C=O) groups is 1. The Kier molecular flexibility index (Phi) is 7.77. The second-order valence-corrected chi connectivity index (χ2v) is 9.50. The SMILES string of the molecule is CCOC(=O)[C@H](C)Oc1c(Cl)cc(C=Nn2c(-c3cc4cc(Cl)ccc4o3)nc3ccccc3c2=O)cc1OC. The number of fused-ring (bicyclic) bond motifs is 2. The van der Waals surface area contributed by atoms with Crippen molar-refractivity contribution in [2.45, 2.75) is 20.0 Å². The number of benzene rings is 3. The van der Waals surface area contributed by atoms with Crippen molar-refractivity contribution >= 4 is 57.3 Å². The Balaban J connectivity index is 1.58. The molecule has 1 atom stereocenters. The first-order chi connectivity index (χ1) is 19.3. The van der Waals surface area contributed by atoms with Gasteiger partial charge in [-0.3, -0.25) is 4.79 Å². The second kappa shape index (κ2) is 11.4. The highest BCUT2D eigenvalue weighted by Gasteiger charge is 2.21. The van der Waals surface area contributed by atoms with Crippen molar-refractivity contribution in [3.63, 3.8) is 0 Å². The minimum absolute atomic E-state index is 0.174. The number of hydrogen-bond donors (Lipinski definition) is 0. The average molecular weight is 580 g/mol. The number of nitrogens with zero attached hydrogens (tertiary/aromatic N) is 3. The Morgan fingerprint density at radius 1 is 1.15 bits per heavy atom. The topological polar surface area (TPSA) is 105 Å². The largest absolute Gasteiger partial charge is 0.493 e. The maximum atomic E-state index is 13.5. The standard InChI is InChI=1S/C29H23Cl2N3O6/c1-4-38-29(36)16(2)39-26-21(31)11-17(12-24(26)37-3)15-32-34-27(33-22-8-6-5-7-20(22)28(34)35)25-14-18-13-19(30)9-10-23(18)40-25/h5-16H,4H2,1-3H3/t16-/m0/s1. The number of furan rings is 1. The summed E-state index contributed by atoms with van der Waals surface area (Å²) in [5.74, 6) is 0.449. The zero-order valence-electron chi connectivity index (χ0n) is 21.7. The van der Waals surface area contributed by atoms with Gasteiger partial charge in [0.25, 0.3) is 5.56 Å². The van der Waals surface area contributed by atoms with Gasteiger partial charge in [-0.05, 0) is 67.9 Å². The van der Waals surface area contributed by atoms with Gasteiger partial charge in [-0.1, -0.05) is 35.3 Å². The maximum absolute atomic E-state index is 13.5. The van der Waals surface area contributed by atoms with Gasteiger partial charge < -0.3 is 18.6 Å². The number of esters is 1. The van der Waals surface area contributed by atoms with Gasteiger partial charge in [0.1, 0.15) is 5.58 Å². The van der Waals surface area contributed by atoms with Crippen LogP contribution in [-0.2, 0) is 9.53 Å². The molecule has 40 heavy (non-hydrogen) atoms. The van der Waals surface area contributed by atoms with Crippen molar-refractivity contribution in [1.82, 2.24) is 9.66 Å². The van der Waals surface area contributed by atoms with Crippen LogP contribution in [-0.4, -0.2) is 41.7 Å². The minimum atomic E-state index is -0.908. The molecular formula is C29H23Cl2N3O6. The summed E-state index contributed by atoms with van der Waals surface area (Å²) in [6.07, 6.45) is 0.530. The molecule has 0 unspecified atom stereocenters. The van der Waals surface area contributed by atoms with E-state index in [9.17, 15) is 9.59 Å². The Hall–Kier alpha value is -4.34. The summed E-state index contributed by atoms with van der Waals surface area (Å²) in [4.78, 5) is 30.2. The first kappa shape index (κ1) is 27.2. The van der Waals surface area contributed by atoms with Gasteiger partial charge in [-0.25, -0.2) is 9.78 Å². The van der Waals surface area contributed by atoms with E-state index < -0.39 is 17.6 Å². The molecule has 0 saturated carbocycles. The zero-order chi connectivity index (χ0) is 28.4. The van der Waals surface area contributed by atoms with Gasteiger partial charge >= 0.3 is 5.97 Å². The van der Waals surface area contributed by atoms with Crippen LogP contribution in [0, 0.1) is 0 Å². The summed E-state index contributed by atoms with van der Waals surface area (Å²) >= 11 is 12.6. The number of methoxy groups -OCH3 is 1. The lowest BCUT2D eigenvalue weighted by atomic mass is 10.2. The van der Waals surface area contributed by atoms with Gasteiger partial charge in [-0.15, -0.1) is 0 Å². The van der Waals surface area contributed by atoms with E-state index in [2.05, 4.69) is 10.1 Å². The molecule has 2 heterocycles. The third-order valence-electron chi connectivity index (χ3n) is 5.94. The van der Waals surface area contributed by atoms with E-state index in [1.807, 2.05) is 0 Å². The van der Waals surface area contributed by atoms with Crippen LogP contribution in [0.4, 0.5) is 0 Å². The molecule has 11 heteroatoms. The van der Waals surface area contributed by atoms with Gasteiger partial charge in [0.05, 0.1) is 35.9 Å². The first-order valence-electron chi connectivity index (χ1n) is 12.3. The molecule has 0 fully saturated rings. The maximum Gasteiger partial charge on any atom is 0.347 e. The minimum Gasteiger partial charge on any atom is -0.493 e. The summed E-state index contributed by atoms with van der Waals surface area (Å²) < 4.78 is 23.3. The molecule has 0 bridgehead atoms. The van der Waals surface area contributed by atoms with Crippen molar-refractivity contribution in [2.24, 2.45) is 5.10 Å². The number of rotatable bonds is 8. The number of hydrogen-bond acceptors (Lipinski definition) is 8. The van der Waals surface area contributed by atoms with Crippen LogP contribution < -0.4 is 15.0 Å². The molecule has 0 aliphatic rings. The lowest BCUT2D eigenvalue weighted by Crippen LogP contribution is -2.26.